The lowest BCUT2D eigenvalue weighted by Gasteiger charge is -2.21. The van der Waals surface area contributed by atoms with Crippen molar-refractivity contribution >= 4 is 11.8 Å². The molecule has 1 saturated heterocycles. The molecule has 2 aliphatic rings. The number of fused-ring (bicyclic) bond motifs is 1. The molecule has 4 aromatic rings. The van der Waals surface area contributed by atoms with E-state index in [1.807, 2.05) is 61.5 Å². The lowest BCUT2D eigenvalue weighted by molar-refractivity contribution is -0.134. The fourth-order valence-corrected chi connectivity index (χ4v) is 5.72. The zero-order chi connectivity index (χ0) is 33.8. The molecular formula is C42H50N2O4. The van der Waals surface area contributed by atoms with Gasteiger partial charge in [0, 0.05) is 13.0 Å². The van der Waals surface area contributed by atoms with E-state index in [0.717, 1.165) is 49.4 Å². The SMILES string of the molecule is C=CC.O=C1CCC(c2cccc(OCc3ccc(CNCCCCOc4ccccc4)cc3)c2)C(=O)N1.c1ccc2c(c1)CCCC2. The van der Waals surface area contributed by atoms with Gasteiger partial charge in [-0.3, -0.25) is 14.9 Å². The first-order valence-corrected chi connectivity index (χ1v) is 17.2. The standard InChI is InChI=1S/C29H32N2O4.C10H12.C3H6/c32-28-16-15-27(29(33)31-28)24-7-6-10-26(19-24)35-21-23-13-11-22(12-14-23)20-30-17-4-5-18-34-25-8-2-1-3-9-25;1-2-6-10-8-4-3-7-9(10)5-1;1-3-2/h1-3,6-14,19,27,30H,4-5,15-18,20-21H2,(H,31,32,33);1-2,5-6H,3-4,7-8H2;3H,1H2,2H3. The van der Waals surface area contributed by atoms with Crippen LogP contribution in [0.15, 0.2) is 116 Å². The summed E-state index contributed by atoms with van der Waals surface area (Å²) in [4.78, 5) is 23.5. The van der Waals surface area contributed by atoms with Crippen LogP contribution in [-0.4, -0.2) is 25.0 Å². The summed E-state index contributed by atoms with van der Waals surface area (Å²) >= 11 is 0. The first kappa shape index (κ1) is 36.2. The molecule has 6 rings (SSSR count). The number of amides is 2. The number of benzene rings is 4. The highest BCUT2D eigenvalue weighted by atomic mass is 16.5. The summed E-state index contributed by atoms with van der Waals surface area (Å²) in [6.45, 7) is 8.21. The molecule has 0 radical (unpaired) electrons. The Morgan fingerprint density at radius 3 is 2.10 bits per heavy atom. The molecule has 1 atom stereocenters. The van der Waals surface area contributed by atoms with E-state index < -0.39 is 0 Å². The van der Waals surface area contributed by atoms with Crippen molar-refractivity contribution in [1.29, 1.82) is 0 Å². The molecule has 1 aliphatic carbocycles. The largest absolute Gasteiger partial charge is 0.494 e. The van der Waals surface area contributed by atoms with Gasteiger partial charge in [0.25, 0.3) is 0 Å². The van der Waals surface area contributed by atoms with E-state index in [9.17, 15) is 9.59 Å². The Labute approximate surface area is 286 Å². The fraction of sp³-hybridized carbons (Fsp3) is 0.333. The van der Waals surface area contributed by atoms with Crippen molar-refractivity contribution in [3.05, 3.63) is 144 Å². The van der Waals surface area contributed by atoms with Crippen molar-refractivity contribution in [1.82, 2.24) is 10.6 Å². The number of rotatable bonds is 12. The molecule has 2 N–H and O–H groups in total. The maximum absolute atomic E-state index is 12.1. The number of ether oxygens (including phenoxy) is 2. The molecule has 0 aromatic heterocycles. The van der Waals surface area contributed by atoms with Crippen molar-refractivity contribution in [2.45, 2.75) is 77.4 Å². The third-order valence-electron chi connectivity index (χ3n) is 8.28. The molecule has 1 unspecified atom stereocenters. The molecule has 2 amide bonds. The van der Waals surface area contributed by atoms with Gasteiger partial charge in [-0.2, -0.15) is 0 Å². The number of carbonyl (C=O) groups excluding carboxylic acids is 2. The van der Waals surface area contributed by atoms with Crippen LogP contribution in [0.2, 0.25) is 0 Å². The maximum atomic E-state index is 12.1. The second-order valence-corrected chi connectivity index (χ2v) is 12.1. The Bertz CT molecular complexity index is 1530. The summed E-state index contributed by atoms with van der Waals surface area (Å²) in [5.74, 6) is 0.897. The van der Waals surface area contributed by atoms with E-state index in [1.165, 1.54) is 31.2 Å². The van der Waals surface area contributed by atoms with Gasteiger partial charge in [-0.05, 0) is 110 Å². The van der Waals surface area contributed by atoms with Crippen LogP contribution < -0.4 is 20.1 Å². The monoisotopic (exact) mass is 646 g/mol. The van der Waals surface area contributed by atoms with Gasteiger partial charge in [-0.15, -0.1) is 6.58 Å². The maximum Gasteiger partial charge on any atom is 0.234 e. The number of imide groups is 1. The molecule has 1 heterocycles. The lowest BCUT2D eigenvalue weighted by atomic mass is 9.90. The van der Waals surface area contributed by atoms with E-state index in [4.69, 9.17) is 9.47 Å². The summed E-state index contributed by atoms with van der Waals surface area (Å²) in [6, 6.07) is 34.7. The van der Waals surface area contributed by atoms with E-state index in [0.29, 0.717) is 25.2 Å². The molecule has 1 aliphatic heterocycles. The second-order valence-electron chi connectivity index (χ2n) is 12.1. The fourth-order valence-electron chi connectivity index (χ4n) is 5.72. The average Bonchev–Trinajstić information content (AvgIpc) is 3.12. The number of hydrogen-bond donors (Lipinski definition) is 2. The van der Waals surface area contributed by atoms with Crippen LogP contribution in [0.25, 0.3) is 0 Å². The van der Waals surface area contributed by atoms with Gasteiger partial charge in [0.05, 0.1) is 12.5 Å². The molecule has 48 heavy (non-hydrogen) atoms. The minimum Gasteiger partial charge on any atom is -0.494 e. The van der Waals surface area contributed by atoms with E-state index in [1.54, 1.807) is 17.2 Å². The Kier molecular flexibility index (Phi) is 15.5. The normalized spacial score (nSPS) is 15.0. The van der Waals surface area contributed by atoms with Crippen LogP contribution >= 0.6 is 0 Å². The number of unbranched alkanes of at least 4 members (excludes halogenated alkanes) is 1. The van der Waals surface area contributed by atoms with Crippen molar-refractivity contribution < 1.29 is 19.1 Å². The number of allylic oxidation sites excluding steroid dienone is 1. The summed E-state index contributed by atoms with van der Waals surface area (Å²) in [6.07, 6.45) is 10.1. The summed E-state index contributed by atoms with van der Waals surface area (Å²) in [7, 11) is 0. The van der Waals surface area contributed by atoms with Crippen molar-refractivity contribution in [3.8, 4) is 11.5 Å². The summed E-state index contributed by atoms with van der Waals surface area (Å²) in [5, 5.41) is 5.90. The highest BCUT2D eigenvalue weighted by Gasteiger charge is 2.28. The Hall–Kier alpha value is -4.68. The number of nitrogens with one attached hydrogen (secondary N) is 2. The lowest BCUT2D eigenvalue weighted by Crippen LogP contribution is -2.39. The van der Waals surface area contributed by atoms with Crippen molar-refractivity contribution in [3.63, 3.8) is 0 Å². The zero-order valence-electron chi connectivity index (χ0n) is 28.3. The number of carbonyl (C=O) groups is 2. The van der Waals surface area contributed by atoms with E-state index >= 15 is 0 Å². The van der Waals surface area contributed by atoms with Gasteiger partial charge >= 0.3 is 0 Å². The van der Waals surface area contributed by atoms with Gasteiger partial charge < -0.3 is 14.8 Å². The van der Waals surface area contributed by atoms with Crippen LogP contribution in [0.5, 0.6) is 11.5 Å². The molecule has 6 nitrogen and oxygen atoms in total. The average molecular weight is 647 g/mol. The van der Waals surface area contributed by atoms with Crippen LogP contribution in [0, 0.1) is 0 Å². The molecular weight excluding hydrogens is 596 g/mol. The molecule has 4 aromatic carbocycles. The number of aryl methyl sites for hydroxylation is 2. The Balaban J connectivity index is 0.000000332. The van der Waals surface area contributed by atoms with Crippen LogP contribution in [0.3, 0.4) is 0 Å². The highest BCUT2D eigenvalue weighted by molar-refractivity contribution is 6.00. The van der Waals surface area contributed by atoms with Crippen LogP contribution in [-0.2, 0) is 35.6 Å². The third kappa shape index (κ3) is 12.5. The third-order valence-corrected chi connectivity index (χ3v) is 8.28. The molecule has 0 spiro atoms. The van der Waals surface area contributed by atoms with Gasteiger partial charge in [-0.1, -0.05) is 84.9 Å². The van der Waals surface area contributed by atoms with Crippen LogP contribution in [0.4, 0.5) is 0 Å². The van der Waals surface area contributed by atoms with Gasteiger partial charge in [0.2, 0.25) is 11.8 Å². The molecule has 6 heteroatoms. The van der Waals surface area contributed by atoms with Gasteiger partial charge in [0.15, 0.2) is 0 Å². The smallest absolute Gasteiger partial charge is 0.234 e. The predicted molar refractivity (Wildman–Crippen MR) is 194 cm³/mol. The zero-order valence-corrected chi connectivity index (χ0v) is 28.3. The number of hydrogen-bond acceptors (Lipinski definition) is 5. The van der Waals surface area contributed by atoms with Crippen molar-refractivity contribution in [2.75, 3.05) is 13.2 Å². The molecule has 1 fully saturated rings. The molecule has 0 saturated carbocycles. The predicted octanol–water partition coefficient (Wildman–Crippen LogP) is 8.49. The first-order valence-electron chi connectivity index (χ1n) is 17.2. The van der Waals surface area contributed by atoms with Gasteiger partial charge in [0.1, 0.15) is 18.1 Å². The van der Waals surface area contributed by atoms with Crippen LogP contribution in [0.1, 0.15) is 79.2 Å². The Morgan fingerprint density at radius 1 is 0.771 bits per heavy atom. The minimum absolute atomic E-state index is 0.203. The van der Waals surface area contributed by atoms with Crippen molar-refractivity contribution in [2.24, 2.45) is 0 Å². The number of para-hydroxylation sites is 1. The molecule has 0 bridgehead atoms. The first-order chi connectivity index (χ1) is 23.6. The second kappa shape index (κ2) is 20.5. The highest BCUT2D eigenvalue weighted by Crippen LogP contribution is 2.28. The minimum atomic E-state index is -0.306. The Morgan fingerprint density at radius 2 is 1.42 bits per heavy atom. The quantitative estimate of drug-likeness (QED) is 0.0917. The molecule has 252 valence electrons. The van der Waals surface area contributed by atoms with Gasteiger partial charge in [-0.25, -0.2) is 0 Å². The van der Waals surface area contributed by atoms with E-state index in [-0.39, 0.29) is 17.7 Å². The topological polar surface area (TPSA) is 76.7 Å². The summed E-state index contributed by atoms with van der Waals surface area (Å²) in [5.41, 5.74) is 6.34. The summed E-state index contributed by atoms with van der Waals surface area (Å²) < 4.78 is 11.7. The van der Waals surface area contributed by atoms with E-state index in [2.05, 4.69) is 65.7 Å². The number of piperidine rings is 1.